The van der Waals surface area contributed by atoms with E-state index in [9.17, 15) is 8.42 Å². The van der Waals surface area contributed by atoms with E-state index in [0.29, 0.717) is 18.3 Å². The monoisotopic (exact) mass is 354 g/mol. The highest BCUT2D eigenvalue weighted by Crippen LogP contribution is 2.18. The van der Waals surface area contributed by atoms with Crippen molar-refractivity contribution in [1.29, 1.82) is 0 Å². The van der Waals surface area contributed by atoms with E-state index >= 15 is 0 Å². The molecule has 1 heterocycles. The third-order valence-electron chi connectivity index (χ3n) is 3.20. The summed E-state index contributed by atoms with van der Waals surface area (Å²) in [6.07, 6.45) is 2.66. The Hall–Kier alpha value is -1.44. The number of thiazole rings is 1. The summed E-state index contributed by atoms with van der Waals surface area (Å²) >= 11 is 1.48. The van der Waals surface area contributed by atoms with Crippen molar-refractivity contribution in [3.8, 4) is 5.75 Å². The Morgan fingerprint density at radius 2 is 1.96 bits per heavy atom. The smallest absolute Gasteiger partial charge is 0.240 e. The van der Waals surface area contributed by atoms with E-state index < -0.39 is 10.0 Å². The standard InChI is InChI=1S/C16H22N2O3S2/c1-12(2)8-9-21-14-4-6-16(7-5-14)23(19,20)18-11-15-10-17-13(3)22-15/h4-7,10,12,18H,8-9,11H2,1-3H3. The van der Waals surface area contributed by atoms with Crippen molar-refractivity contribution in [2.45, 2.75) is 38.6 Å². The average molecular weight is 354 g/mol. The van der Waals surface area contributed by atoms with Crippen molar-refractivity contribution in [2.24, 2.45) is 5.92 Å². The van der Waals surface area contributed by atoms with Gasteiger partial charge in [-0.1, -0.05) is 13.8 Å². The fraction of sp³-hybridized carbons (Fsp3) is 0.438. The van der Waals surface area contributed by atoms with Crippen LogP contribution in [0.4, 0.5) is 0 Å². The fourth-order valence-corrected chi connectivity index (χ4v) is 3.70. The van der Waals surface area contributed by atoms with E-state index in [1.54, 1.807) is 30.5 Å². The van der Waals surface area contributed by atoms with Gasteiger partial charge in [0.05, 0.1) is 16.5 Å². The fourth-order valence-electron chi connectivity index (χ4n) is 1.86. The molecule has 0 saturated heterocycles. The molecule has 0 fully saturated rings. The first-order chi connectivity index (χ1) is 10.9. The van der Waals surface area contributed by atoms with Gasteiger partial charge in [-0.15, -0.1) is 11.3 Å². The Labute approximate surface area is 141 Å². The topological polar surface area (TPSA) is 68.3 Å². The summed E-state index contributed by atoms with van der Waals surface area (Å²) in [5.41, 5.74) is 0. The lowest BCUT2D eigenvalue weighted by atomic mass is 10.1. The number of nitrogens with zero attached hydrogens (tertiary/aromatic N) is 1. The molecule has 0 amide bonds. The van der Waals surface area contributed by atoms with Gasteiger partial charge in [0.2, 0.25) is 10.0 Å². The maximum atomic E-state index is 12.3. The SMILES string of the molecule is Cc1ncc(CNS(=O)(=O)c2ccc(OCCC(C)C)cc2)s1. The number of aromatic nitrogens is 1. The molecule has 5 nitrogen and oxygen atoms in total. The largest absolute Gasteiger partial charge is 0.494 e. The number of sulfonamides is 1. The van der Waals surface area contributed by atoms with Crippen LogP contribution in [-0.2, 0) is 16.6 Å². The highest BCUT2D eigenvalue weighted by atomic mass is 32.2. The van der Waals surface area contributed by atoms with Crippen molar-refractivity contribution in [3.05, 3.63) is 40.3 Å². The van der Waals surface area contributed by atoms with Crippen LogP contribution in [0.2, 0.25) is 0 Å². The quantitative estimate of drug-likeness (QED) is 0.789. The molecule has 7 heteroatoms. The van der Waals surface area contributed by atoms with Crippen LogP contribution in [0.15, 0.2) is 35.4 Å². The molecule has 0 saturated carbocycles. The van der Waals surface area contributed by atoms with Gasteiger partial charge in [0.15, 0.2) is 0 Å². The molecule has 0 radical (unpaired) electrons. The molecule has 0 atom stereocenters. The summed E-state index contributed by atoms with van der Waals surface area (Å²) in [5, 5.41) is 0.919. The Morgan fingerprint density at radius 3 is 2.52 bits per heavy atom. The van der Waals surface area contributed by atoms with Crippen LogP contribution in [-0.4, -0.2) is 20.0 Å². The third kappa shape index (κ3) is 5.60. The highest BCUT2D eigenvalue weighted by Gasteiger charge is 2.14. The summed E-state index contributed by atoms with van der Waals surface area (Å²) < 4.78 is 32.7. The van der Waals surface area contributed by atoms with Crippen LogP contribution < -0.4 is 9.46 Å². The first-order valence-corrected chi connectivity index (χ1v) is 9.80. The molecular formula is C16H22N2O3S2. The van der Waals surface area contributed by atoms with Crippen LogP contribution in [0.5, 0.6) is 5.75 Å². The van der Waals surface area contributed by atoms with Gasteiger partial charge in [-0.25, -0.2) is 18.1 Å². The molecule has 2 aromatic rings. The zero-order chi connectivity index (χ0) is 16.9. The summed E-state index contributed by atoms with van der Waals surface area (Å²) in [7, 11) is -3.53. The van der Waals surface area contributed by atoms with Gasteiger partial charge in [-0.05, 0) is 43.5 Å². The number of nitrogens with one attached hydrogen (secondary N) is 1. The lowest BCUT2D eigenvalue weighted by molar-refractivity contribution is 0.289. The van der Waals surface area contributed by atoms with Gasteiger partial charge >= 0.3 is 0 Å². The molecule has 0 aliphatic carbocycles. The molecule has 0 bridgehead atoms. The van der Waals surface area contributed by atoms with E-state index in [-0.39, 0.29) is 11.4 Å². The summed E-state index contributed by atoms with van der Waals surface area (Å²) in [5.74, 6) is 1.26. The number of hydrogen-bond acceptors (Lipinski definition) is 5. The number of ether oxygens (including phenoxy) is 1. The van der Waals surface area contributed by atoms with Crippen molar-refractivity contribution in [1.82, 2.24) is 9.71 Å². The predicted octanol–water partition coefficient (Wildman–Crippen LogP) is 3.35. The van der Waals surface area contributed by atoms with E-state index in [2.05, 4.69) is 23.6 Å². The van der Waals surface area contributed by atoms with Gasteiger partial charge in [0, 0.05) is 17.6 Å². The Morgan fingerprint density at radius 1 is 1.26 bits per heavy atom. The maximum absolute atomic E-state index is 12.3. The minimum atomic E-state index is -3.53. The van der Waals surface area contributed by atoms with Crippen LogP contribution in [0.25, 0.3) is 0 Å². The first kappa shape index (κ1) is 17.9. The highest BCUT2D eigenvalue weighted by molar-refractivity contribution is 7.89. The van der Waals surface area contributed by atoms with Gasteiger partial charge < -0.3 is 4.74 Å². The van der Waals surface area contributed by atoms with E-state index in [0.717, 1.165) is 16.3 Å². The minimum absolute atomic E-state index is 0.231. The summed E-state index contributed by atoms with van der Waals surface area (Å²) in [6.45, 7) is 7.04. The average Bonchev–Trinajstić information content (AvgIpc) is 2.91. The van der Waals surface area contributed by atoms with Gasteiger partial charge in [-0.3, -0.25) is 0 Å². The maximum Gasteiger partial charge on any atom is 0.240 e. The molecular weight excluding hydrogens is 332 g/mol. The van der Waals surface area contributed by atoms with Crippen molar-refractivity contribution < 1.29 is 13.2 Å². The van der Waals surface area contributed by atoms with Gasteiger partial charge in [-0.2, -0.15) is 0 Å². The molecule has 23 heavy (non-hydrogen) atoms. The van der Waals surface area contributed by atoms with Crippen LogP contribution in [0.1, 0.15) is 30.2 Å². The zero-order valence-corrected chi connectivity index (χ0v) is 15.2. The number of rotatable bonds is 8. The third-order valence-corrected chi connectivity index (χ3v) is 5.53. The summed E-state index contributed by atoms with van der Waals surface area (Å²) in [4.78, 5) is 5.23. The molecule has 2 rings (SSSR count). The molecule has 0 unspecified atom stereocenters. The van der Waals surface area contributed by atoms with E-state index in [4.69, 9.17) is 4.74 Å². The van der Waals surface area contributed by atoms with Crippen LogP contribution in [0.3, 0.4) is 0 Å². The van der Waals surface area contributed by atoms with E-state index in [1.165, 1.54) is 11.3 Å². The minimum Gasteiger partial charge on any atom is -0.494 e. The normalized spacial score (nSPS) is 11.8. The van der Waals surface area contributed by atoms with Crippen LogP contribution in [0, 0.1) is 12.8 Å². The van der Waals surface area contributed by atoms with E-state index in [1.807, 2.05) is 6.92 Å². The molecule has 1 aromatic heterocycles. The molecule has 0 spiro atoms. The molecule has 0 aliphatic rings. The second kappa shape index (κ2) is 7.90. The lowest BCUT2D eigenvalue weighted by Crippen LogP contribution is -2.22. The van der Waals surface area contributed by atoms with Crippen molar-refractivity contribution in [3.63, 3.8) is 0 Å². The predicted molar refractivity (Wildman–Crippen MR) is 92.3 cm³/mol. The number of benzene rings is 1. The van der Waals surface area contributed by atoms with Gasteiger partial charge in [0.1, 0.15) is 5.75 Å². The Kier molecular flexibility index (Phi) is 6.15. The molecule has 126 valence electrons. The second-order valence-electron chi connectivity index (χ2n) is 5.67. The van der Waals surface area contributed by atoms with Crippen molar-refractivity contribution >= 4 is 21.4 Å². The first-order valence-electron chi connectivity index (χ1n) is 7.50. The zero-order valence-electron chi connectivity index (χ0n) is 13.6. The second-order valence-corrected chi connectivity index (χ2v) is 8.76. The Bertz CT molecular complexity index is 722. The number of aryl methyl sites for hydroxylation is 1. The lowest BCUT2D eigenvalue weighted by Gasteiger charge is -2.09. The Balaban J connectivity index is 1.94. The van der Waals surface area contributed by atoms with Gasteiger partial charge in [0.25, 0.3) is 0 Å². The van der Waals surface area contributed by atoms with Crippen molar-refractivity contribution in [2.75, 3.05) is 6.61 Å². The molecule has 0 aliphatic heterocycles. The number of hydrogen-bond donors (Lipinski definition) is 1. The van der Waals surface area contributed by atoms with Crippen LogP contribution >= 0.6 is 11.3 Å². The molecule has 1 aromatic carbocycles. The molecule has 1 N–H and O–H groups in total. The summed E-state index contributed by atoms with van der Waals surface area (Å²) in [6, 6.07) is 6.49.